The van der Waals surface area contributed by atoms with Crippen molar-refractivity contribution in [3.63, 3.8) is 0 Å². The Kier molecular flexibility index (Phi) is 7.97. The molecule has 4 heteroatoms. The Morgan fingerprint density at radius 1 is 1.20 bits per heavy atom. The van der Waals surface area contributed by atoms with Gasteiger partial charge in [-0.1, -0.05) is 20.8 Å². The second-order valence-corrected chi connectivity index (χ2v) is 6.51. The smallest absolute Gasteiger partial charge is 0.191 e. The van der Waals surface area contributed by atoms with Crippen LogP contribution in [0.2, 0.25) is 0 Å². The fraction of sp³-hybridized carbons (Fsp3) is 0.938. The molecule has 1 rings (SSSR count). The van der Waals surface area contributed by atoms with Gasteiger partial charge in [-0.25, -0.2) is 0 Å². The van der Waals surface area contributed by atoms with Crippen LogP contribution in [0.25, 0.3) is 0 Å². The van der Waals surface area contributed by atoms with Gasteiger partial charge in [-0.15, -0.1) is 0 Å². The highest BCUT2D eigenvalue weighted by atomic mass is 16.3. The van der Waals surface area contributed by atoms with Crippen LogP contribution in [0.5, 0.6) is 0 Å². The van der Waals surface area contributed by atoms with Crippen LogP contribution < -0.4 is 10.6 Å². The van der Waals surface area contributed by atoms with E-state index in [4.69, 9.17) is 5.11 Å². The number of nitrogens with zero attached hydrogens (tertiary/aromatic N) is 1. The van der Waals surface area contributed by atoms with Crippen molar-refractivity contribution < 1.29 is 5.11 Å². The number of aliphatic imine (C=N–C) groups is 1. The summed E-state index contributed by atoms with van der Waals surface area (Å²) >= 11 is 0. The largest absolute Gasteiger partial charge is 0.396 e. The topological polar surface area (TPSA) is 56.7 Å². The minimum Gasteiger partial charge on any atom is -0.396 e. The zero-order chi connectivity index (χ0) is 15.0. The molecule has 0 aromatic rings. The average Bonchev–Trinajstić information content (AvgIpc) is 2.45. The maximum absolute atomic E-state index is 9.07. The van der Waals surface area contributed by atoms with Crippen LogP contribution in [0.15, 0.2) is 4.99 Å². The molecule has 4 nitrogen and oxygen atoms in total. The van der Waals surface area contributed by atoms with Crippen LogP contribution in [0.3, 0.4) is 0 Å². The molecule has 0 spiro atoms. The Morgan fingerprint density at radius 3 is 2.35 bits per heavy atom. The van der Waals surface area contributed by atoms with E-state index in [9.17, 15) is 0 Å². The van der Waals surface area contributed by atoms with Gasteiger partial charge in [-0.05, 0) is 50.4 Å². The second kappa shape index (κ2) is 9.22. The van der Waals surface area contributed by atoms with Gasteiger partial charge in [0.2, 0.25) is 0 Å². The number of hydrogen-bond acceptors (Lipinski definition) is 2. The van der Waals surface area contributed by atoms with Crippen LogP contribution >= 0.6 is 0 Å². The summed E-state index contributed by atoms with van der Waals surface area (Å²) in [7, 11) is 0. The SMILES string of the molecule is CCNC(=NCC(C)CO)NC1CCC(C(C)C)CC1. The van der Waals surface area contributed by atoms with Crippen molar-refractivity contribution in [3.05, 3.63) is 0 Å². The van der Waals surface area contributed by atoms with E-state index < -0.39 is 0 Å². The lowest BCUT2D eigenvalue weighted by molar-refractivity contribution is 0.241. The van der Waals surface area contributed by atoms with Crippen molar-refractivity contribution in [1.82, 2.24) is 10.6 Å². The Bertz CT molecular complexity index is 283. The number of aliphatic hydroxyl groups is 1. The third-order valence-electron chi connectivity index (χ3n) is 4.27. The molecule has 118 valence electrons. The first-order valence-electron chi connectivity index (χ1n) is 8.22. The molecule has 1 unspecified atom stereocenters. The molecule has 0 bridgehead atoms. The Hall–Kier alpha value is -0.770. The van der Waals surface area contributed by atoms with E-state index in [2.05, 4.69) is 36.4 Å². The molecule has 0 saturated heterocycles. The van der Waals surface area contributed by atoms with E-state index in [1.54, 1.807) is 0 Å². The molecule has 0 aromatic carbocycles. The lowest BCUT2D eigenvalue weighted by atomic mass is 9.80. The number of guanidine groups is 1. The lowest BCUT2D eigenvalue weighted by Gasteiger charge is -2.32. The molecule has 1 aliphatic carbocycles. The molecule has 0 amide bonds. The van der Waals surface area contributed by atoms with Crippen LogP contribution in [0.1, 0.15) is 53.4 Å². The fourth-order valence-electron chi connectivity index (χ4n) is 2.75. The van der Waals surface area contributed by atoms with Crippen molar-refractivity contribution in [2.45, 2.75) is 59.4 Å². The summed E-state index contributed by atoms with van der Waals surface area (Å²) in [5.74, 6) is 2.83. The summed E-state index contributed by atoms with van der Waals surface area (Å²) in [6, 6.07) is 0.548. The van der Waals surface area contributed by atoms with Gasteiger partial charge >= 0.3 is 0 Å². The predicted octanol–water partition coefficient (Wildman–Crippen LogP) is 2.38. The fourth-order valence-corrected chi connectivity index (χ4v) is 2.75. The molecule has 1 fully saturated rings. The molecular weight excluding hydrogens is 250 g/mol. The van der Waals surface area contributed by atoms with Crippen molar-refractivity contribution in [2.24, 2.45) is 22.7 Å². The molecule has 0 radical (unpaired) electrons. The van der Waals surface area contributed by atoms with Crippen LogP contribution in [-0.2, 0) is 0 Å². The third kappa shape index (κ3) is 6.12. The molecule has 0 heterocycles. The Morgan fingerprint density at radius 2 is 1.85 bits per heavy atom. The zero-order valence-corrected chi connectivity index (χ0v) is 13.7. The highest BCUT2D eigenvalue weighted by molar-refractivity contribution is 5.80. The number of nitrogens with one attached hydrogen (secondary N) is 2. The minimum absolute atomic E-state index is 0.197. The standard InChI is InChI=1S/C16H33N3O/c1-5-17-16(18-10-13(4)11-20)19-15-8-6-14(7-9-15)12(2)3/h12-15,20H,5-11H2,1-4H3,(H2,17,18,19). The van der Waals surface area contributed by atoms with E-state index in [1.807, 2.05) is 6.92 Å². The normalized spacial score (nSPS) is 25.6. The Balaban J connectivity index is 2.42. The quantitative estimate of drug-likeness (QED) is 0.518. The first-order valence-corrected chi connectivity index (χ1v) is 8.22. The molecule has 1 aliphatic rings. The molecular formula is C16H33N3O. The van der Waals surface area contributed by atoms with Gasteiger partial charge < -0.3 is 15.7 Å². The number of hydrogen-bond donors (Lipinski definition) is 3. The van der Waals surface area contributed by atoms with Crippen molar-refractivity contribution >= 4 is 5.96 Å². The molecule has 0 aromatic heterocycles. The summed E-state index contributed by atoms with van der Waals surface area (Å²) in [6.45, 7) is 10.5. The summed E-state index contributed by atoms with van der Waals surface area (Å²) in [6.07, 6.45) is 5.12. The summed E-state index contributed by atoms with van der Waals surface area (Å²) in [4.78, 5) is 4.57. The molecule has 0 aliphatic heterocycles. The van der Waals surface area contributed by atoms with Gasteiger partial charge in [-0.3, -0.25) is 4.99 Å². The molecule has 20 heavy (non-hydrogen) atoms. The van der Waals surface area contributed by atoms with E-state index in [1.165, 1.54) is 25.7 Å². The van der Waals surface area contributed by atoms with Gasteiger partial charge in [0, 0.05) is 25.7 Å². The van der Waals surface area contributed by atoms with E-state index in [0.717, 1.165) is 24.3 Å². The highest BCUT2D eigenvalue weighted by Gasteiger charge is 2.23. The zero-order valence-electron chi connectivity index (χ0n) is 13.7. The van der Waals surface area contributed by atoms with Gasteiger partial charge in [0.05, 0.1) is 0 Å². The van der Waals surface area contributed by atoms with E-state index >= 15 is 0 Å². The van der Waals surface area contributed by atoms with E-state index in [-0.39, 0.29) is 12.5 Å². The predicted molar refractivity (Wildman–Crippen MR) is 85.9 cm³/mol. The van der Waals surface area contributed by atoms with Gasteiger partial charge in [0.25, 0.3) is 0 Å². The summed E-state index contributed by atoms with van der Waals surface area (Å²) < 4.78 is 0. The minimum atomic E-state index is 0.197. The van der Waals surface area contributed by atoms with Crippen molar-refractivity contribution in [1.29, 1.82) is 0 Å². The first-order chi connectivity index (χ1) is 9.56. The maximum Gasteiger partial charge on any atom is 0.191 e. The van der Waals surface area contributed by atoms with Crippen molar-refractivity contribution in [2.75, 3.05) is 19.7 Å². The number of aliphatic hydroxyl groups excluding tert-OH is 1. The monoisotopic (exact) mass is 283 g/mol. The van der Waals surface area contributed by atoms with Crippen LogP contribution in [0, 0.1) is 17.8 Å². The summed E-state index contributed by atoms with van der Waals surface area (Å²) in [5, 5.41) is 15.9. The maximum atomic E-state index is 9.07. The second-order valence-electron chi connectivity index (χ2n) is 6.51. The van der Waals surface area contributed by atoms with E-state index in [0.29, 0.717) is 12.6 Å². The van der Waals surface area contributed by atoms with Gasteiger partial charge in [-0.2, -0.15) is 0 Å². The Labute approximate surface area is 124 Å². The van der Waals surface area contributed by atoms with Crippen LogP contribution in [0.4, 0.5) is 0 Å². The lowest BCUT2D eigenvalue weighted by Crippen LogP contribution is -2.45. The average molecular weight is 283 g/mol. The van der Waals surface area contributed by atoms with Gasteiger partial charge in [0.1, 0.15) is 0 Å². The van der Waals surface area contributed by atoms with Crippen LogP contribution in [-0.4, -0.2) is 36.8 Å². The molecule has 1 atom stereocenters. The first kappa shape index (κ1) is 17.3. The molecule has 3 N–H and O–H groups in total. The summed E-state index contributed by atoms with van der Waals surface area (Å²) in [5.41, 5.74) is 0. The molecule has 1 saturated carbocycles. The number of rotatable bonds is 6. The highest BCUT2D eigenvalue weighted by Crippen LogP contribution is 2.29. The van der Waals surface area contributed by atoms with Gasteiger partial charge in [0.15, 0.2) is 5.96 Å². The third-order valence-corrected chi connectivity index (χ3v) is 4.27. The van der Waals surface area contributed by atoms with Crippen molar-refractivity contribution in [3.8, 4) is 0 Å².